The average Bonchev–Trinajstić information content (AvgIpc) is 2.98. The smallest absolute Gasteiger partial charge is 0.274 e. The van der Waals surface area contributed by atoms with Crippen LogP contribution in [0.3, 0.4) is 0 Å². The molecule has 1 unspecified atom stereocenters. The number of nitrogens with one attached hydrogen (secondary N) is 2. The Bertz CT molecular complexity index is 706. The molecule has 0 aliphatic carbocycles. The second-order valence-electron chi connectivity index (χ2n) is 6.20. The van der Waals surface area contributed by atoms with Gasteiger partial charge in [-0.1, -0.05) is 17.3 Å². The van der Waals surface area contributed by atoms with Crippen LogP contribution in [-0.4, -0.2) is 34.0 Å². The first kappa shape index (κ1) is 16.6. The van der Waals surface area contributed by atoms with Gasteiger partial charge in [-0.3, -0.25) is 4.79 Å². The van der Waals surface area contributed by atoms with E-state index in [9.17, 15) is 9.18 Å². The van der Waals surface area contributed by atoms with E-state index in [1.165, 1.54) is 12.1 Å². The number of carbonyl (C=O) groups excluding carboxylic acids is 1. The minimum Gasteiger partial charge on any atom is -0.344 e. The molecule has 0 spiro atoms. The van der Waals surface area contributed by atoms with Crippen LogP contribution in [0.25, 0.3) is 0 Å². The van der Waals surface area contributed by atoms with E-state index in [-0.39, 0.29) is 23.8 Å². The lowest BCUT2D eigenvalue weighted by Crippen LogP contribution is -2.31. The molecule has 2 N–H and O–H groups in total. The molecule has 1 aliphatic heterocycles. The fourth-order valence-electron chi connectivity index (χ4n) is 3.05. The lowest BCUT2D eigenvalue weighted by atomic mass is 10.1. The quantitative estimate of drug-likeness (QED) is 0.900. The summed E-state index contributed by atoms with van der Waals surface area (Å²) < 4.78 is 14.9. The van der Waals surface area contributed by atoms with E-state index in [0.29, 0.717) is 5.69 Å². The summed E-state index contributed by atoms with van der Waals surface area (Å²) in [7, 11) is 0. The van der Waals surface area contributed by atoms with E-state index in [2.05, 4.69) is 20.9 Å². The summed E-state index contributed by atoms with van der Waals surface area (Å²) in [6.45, 7) is 5.64. The average molecular weight is 331 g/mol. The minimum atomic E-state index is -0.293. The van der Waals surface area contributed by atoms with Crippen LogP contribution < -0.4 is 10.6 Å². The van der Waals surface area contributed by atoms with Crippen molar-refractivity contribution in [3.8, 4) is 0 Å². The Labute approximate surface area is 140 Å². The number of hydrogen-bond donors (Lipinski definition) is 2. The zero-order valence-corrected chi connectivity index (χ0v) is 13.9. The molecule has 1 atom stereocenters. The molecule has 1 amide bonds. The fourth-order valence-corrected chi connectivity index (χ4v) is 3.05. The predicted octanol–water partition coefficient (Wildman–Crippen LogP) is 2.14. The monoisotopic (exact) mass is 331 g/mol. The van der Waals surface area contributed by atoms with Gasteiger partial charge in [0.25, 0.3) is 5.91 Å². The van der Waals surface area contributed by atoms with Gasteiger partial charge in [0, 0.05) is 0 Å². The number of nitrogens with zero attached hydrogens (tertiary/aromatic N) is 3. The van der Waals surface area contributed by atoms with Crippen LogP contribution in [0.4, 0.5) is 4.39 Å². The van der Waals surface area contributed by atoms with Gasteiger partial charge in [-0.15, -0.1) is 5.10 Å². The van der Waals surface area contributed by atoms with Gasteiger partial charge in [-0.25, -0.2) is 9.07 Å². The Morgan fingerprint density at radius 1 is 1.33 bits per heavy atom. The molecule has 6 nitrogen and oxygen atoms in total. The van der Waals surface area contributed by atoms with Crippen molar-refractivity contribution in [2.75, 3.05) is 13.1 Å². The largest absolute Gasteiger partial charge is 0.344 e. The highest BCUT2D eigenvalue weighted by molar-refractivity contribution is 5.93. The van der Waals surface area contributed by atoms with Gasteiger partial charge in [-0.05, 0) is 57.5 Å². The SMILES string of the molecule is Cc1c(C(=O)NC(C)c2ccc(F)cc2)nnn1C1CCNCC1. The number of halogens is 1. The van der Waals surface area contributed by atoms with Crippen LogP contribution in [0.15, 0.2) is 24.3 Å². The summed E-state index contributed by atoms with van der Waals surface area (Å²) in [6.07, 6.45) is 1.97. The number of carbonyl (C=O) groups is 1. The molecule has 1 aliphatic rings. The molecule has 1 fully saturated rings. The highest BCUT2D eigenvalue weighted by Gasteiger charge is 2.23. The van der Waals surface area contributed by atoms with Crippen LogP contribution >= 0.6 is 0 Å². The minimum absolute atomic E-state index is 0.235. The van der Waals surface area contributed by atoms with Crippen molar-refractivity contribution in [3.05, 3.63) is 47.0 Å². The van der Waals surface area contributed by atoms with Crippen molar-refractivity contribution >= 4 is 5.91 Å². The van der Waals surface area contributed by atoms with E-state index >= 15 is 0 Å². The topological polar surface area (TPSA) is 71.8 Å². The number of piperidine rings is 1. The lowest BCUT2D eigenvalue weighted by Gasteiger charge is -2.23. The zero-order valence-electron chi connectivity index (χ0n) is 13.9. The number of aromatic nitrogens is 3. The lowest BCUT2D eigenvalue weighted by molar-refractivity contribution is 0.0934. The molecule has 1 aromatic heterocycles. The molecule has 0 saturated carbocycles. The van der Waals surface area contributed by atoms with Crippen LogP contribution in [-0.2, 0) is 0 Å². The van der Waals surface area contributed by atoms with Crippen molar-refractivity contribution in [2.24, 2.45) is 0 Å². The van der Waals surface area contributed by atoms with Gasteiger partial charge in [0.2, 0.25) is 0 Å². The van der Waals surface area contributed by atoms with Crippen molar-refractivity contribution < 1.29 is 9.18 Å². The third kappa shape index (κ3) is 3.46. The van der Waals surface area contributed by atoms with Crippen molar-refractivity contribution in [2.45, 2.75) is 38.8 Å². The summed E-state index contributed by atoms with van der Waals surface area (Å²) >= 11 is 0. The fraction of sp³-hybridized carbons (Fsp3) is 0.471. The molecule has 3 rings (SSSR count). The van der Waals surface area contributed by atoms with Crippen LogP contribution in [0.1, 0.15) is 53.6 Å². The van der Waals surface area contributed by atoms with E-state index in [0.717, 1.165) is 37.2 Å². The molecule has 0 bridgehead atoms. The Morgan fingerprint density at radius 3 is 2.67 bits per heavy atom. The molecular weight excluding hydrogens is 309 g/mol. The molecule has 2 aromatic rings. The van der Waals surface area contributed by atoms with Crippen LogP contribution in [0, 0.1) is 12.7 Å². The van der Waals surface area contributed by atoms with Crippen LogP contribution in [0.2, 0.25) is 0 Å². The normalized spacial score (nSPS) is 16.8. The van der Waals surface area contributed by atoms with Crippen molar-refractivity contribution in [3.63, 3.8) is 0 Å². The molecule has 1 aromatic carbocycles. The number of rotatable bonds is 4. The third-order valence-corrected chi connectivity index (χ3v) is 4.51. The maximum absolute atomic E-state index is 13.0. The number of amides is 1. The van der Waals surface area contributed by atoms with Gasteiger partial charge >= 0.3 is 0 Å². The van der Waals surface area contributed by atoms with E-state index in [4.69, 9.17) is 0 Å². The first-order valence-electron chi connectivity index (χ1n) is 8.25. The van der Waals surface area contributed by atoms with Gasteiger partial charge in [0.15, 0.2) is 5.69 Å². The Balaban J connectivity index is 1.70. The summed E-state index contributed by atoms with van der Waals surface area (Å²) in [6, 6.07) is 6.15. The van der Waals surface area contributed by atoms with Gasteiger partial charge in [-0.2, -0.15) is 0 Å². The van der Waals surface area contributed by atoms with Crippen molar-refractivity contribution in [1.29, 1.82) is 0 Å². The van der Waals surface area contributed by atoms with Gasteiger partial charge in [0.1, 0.15) is 5.82 Å². The first-order valence-corrected chi connectivity index (χ1v) is 8.25. The van der Waals surface area contributed by atoms with E-state index in [1.54, 1.807) is 12.1 Å². The van der Waals surface area contributed by atoms with E-state index < -0.39 is 0 Å². The van der Waals surface area contributed by atoms with Gasteiger partial charge in [0.05, 0.1) is 17.8 Å². The second-order valence-corrected chi connectivity index (χ2v) is 6.20. The molecule has 7 heteroatoms. The summed E-state index contributed by atoms with van der Waals surface area (Å²) in [5.41, 5.74) is 1.97. The molecule has 1 saturated heterocycles. The molecule has 24 heavy (non-hydrogen) atoms. The summed E-state index contributed by atoms with van der Waals surface area (Å²) in [4.78, 5) is 12.5. The second kappa shape index (κ2) is 7.09. The number of benzene rings is 1. The standard InChI is InChI=1S/C17H22FN5O/c1-11(13-3-5-14(18)6-4-13)20-17(24)16-12(2)23(22-21-16)15-7-9-19-10-8-15/h3-6,11,15,19H,7-10H2,1-2H3,(H,20,24). The summed E-state index contributed by atoms with van der Waals surface area (Å²) in [5, 5.41) is 14.5. The summed E-state index contributed by atoms with van der Waals surface area (Å²) in [5.74, 6) is -0.553. The first-order chi connectivity index (χ1) is 11.6. The molecule has 0 radical (unpaired) electrons. The highest BCUT2D eigenvalue weighted by atomic mass is 19.1. The predicted molar refractivity (Wildman–Crippen MR) is 88.2 cm³/mol. The van der Waals surface area contributed by atoms with Crippen molar-refractivity contribution in [1.82, 2.24) is 25.6 Å². The Kier molecular flexibility index (Phi) is 4.89. The van der Waals surface area contributed by atoms with E-state index in [1.807, 2.05) is 18.5 Å². The Morgan fingerprint density at radius 2 is 2.00 bits per heavy atom. The molecule has 128 valence electrons. The Hall–Kier alpha value is -2.28. The highest BCUT2D eigenvalue weighted by Crippen LogP contribution is 2.21. The third-order valence-electron chi connectivity index (χ3n) is 4.51. The van der Waals surface area contributed by atoms with Crippen LogP contribution in [0.5, 0.6) is 0 Å². The molecular formula is C17H22FN5O. The maximum atomic E-state index is 13.0. The maximum Gasteiger partial charge on any atom is 0.274 e. The zero-order chi connectivity index (χ0) is 17.1. The molecule has 2 heterocycles. The van der Waals surface area contributed by atoms with Gasteiger partial charge < -0.3 is 10.6 Å². The number of hydrogen-bond acceptors (Lipinski definition) is 4.